The van der Waals surface area contributed by atoms with Crippen LogP contribution in [0.1, 0.15) is 5.56 Å². The predicted molar refractivity (Wildman–Crippen MR) is 80.0 cm³/mol. The third-order valence-electron chi connectivity index (χ3n) is 2.76. The van der Waals surface area contributed by atoms with Crippen LogP contribution in [0.3, 0.4) is 0 Å². The Bertz CT molecular complexity index is 679. The maximum atomic E-state index is 13.6. The molecular weight excluding hydrogens is 343 g/mol. The van der Waals surface area contributed by atoms with Gasteiger partial charge in [0.15, 0.2) is 0 Å². The van der Waals surface area contributed by atoms with Crippen molar-refractivity contribution in [3.63, 3.8) is 0 Å². The third kappa shape index (κ3) is 3.56. The van der Waals surface area contributed by atoms with Gasteiger partial charge in [-0.2, -0.15) is 0 Å². The van der Waals surface area contributed by atoms with Crippen LogP contribution in [-0.2, 0) is 6.54 Å². The van der Waals surface area contributed by atoms with Gasteiger partial charge in [-0.1, -0.05) is 18.2 Å². The molecule has 0 heterocycles. The smallest absolute Gasteiger partial charge is 0.312 e. The van der Waals surface area contributed by atoms with Crippen LogP contribution in [0.25, 0.3) is 0 Å². The molecule has 2 aromatic rings. The van der Waals surface area contributed by atoms with E-state index in [1.807, 2.05) is 12.1 Å². The highest BCUT2D eigenvalue weighted by molar-refractivity contribution is 9.10. The van der Waals surface area contributed by atoms with Crippen LogP contribution in [0, 0.1) is 15.9 Å². The Morgan fingerprint density at radius 2 is 2.05 bits per heavy atom. The molecule has 0 bridgehead atoms. The average Bonchev–Trinajstić information content (AvgIpc) is 2.44. The molecule has 110 valence electrons. The van der Waals surface area contributed by atoms with Crippen LogP contribution >= 0.6 is 15.9 Å². The van der Waals surface area contributed by atoms with Crippen molar-refractivity contribution in [3.05, 3.63) is 62.4 Å². The lowest BCUT2D eigenvalue weighted by Crippen LogP contribution is -2.06. The molecule has 7 heteroatoms. The van der Waals surface area contributed by atoms with Gasteiger partial charge in [0, 0.05) is 24.2 Å². The second kappa shape index (κ2) is 6.64. The monoisotopic (exact) mass is 354 g/mol. The Kier molecular flexibility index (Phi) is 4.87. The summed E-state index contributed by atoms with van der Waals surface area (Å²) in [6.45, 7) is 0.531. The Morgan fingerprint density at radius 1 is 1.33 bits per heavy atom. The molecule has 21 heavy (non-hydrogen) atoms. The molecule has 0 unspecified atom stereocenters. The molecule has 0 radical (unpaired) electrons. The lowest BCUT2D eigenvalue weighted by molar-refractivity contribution is -0.385. The van der Waals surface area contributed by atoms with Crippen molar-refractivity contribution in [2.45, 2.75) is 6.54 Å². The molecule has 5 nitrogen and oxygen atoms in total. The van der Waals surface area contributed by atoms with Crippen LogP contribution in [0.15, 0.2) is 40.9 Å². The van der Waals surface area contributed by atoms with Crippen molar-refractivity contribution < 1.29 is 14.1 Å². The summed E-state index contributed by atoms with van der Waals surface area (Å²) in [5.41, 5.74) is 0.514. The number of ether oxygens (including phenoxy) is 1. The fourth-order valence-electron chi connectivity index (χ4n) is 1.80. The van der Waals surface area contributed by atoms with Gasteiger partial charge in [0.1, 0.15) is 11.6 Å². The van der Waals surface area contributed by atoms with Crippen molar-refractivity contribution in [2.24, 2.45) is 0 Å². The Labute approximate surface area is 129 Å². The minimum atomic E-state index is -0.623. The van der Waals surface area contributed by atoms with Gasteiger partial charge in [0.05, 0.1) is 9.40 Å². The van der Waals surface area contributed by atoms with Gasteiger partial charge in [-0.05, 0) is 29.0 Å². The number of nitrogens with one attached hydrogen (secondary N) is 1. The molecule has 2 rings (SSSR count). The van der Waals surface area contributed by atoms with Crippen LogP contribution < -0.4 is 10.1 Å². The lowest BCUT2D eigenvalue weighted by atomic mass is 10.2. The zero-order valence-corrected chi connectivity index (χ0v) is 12.7. The summed E-state index contributed by atoms with van der Waals surface area (Å²) in [6, 6.07) is 9.17. The molecule has 0 aromatic heterocycles. The van der Waals surface area contributed by atoms with E-state index in [4.69, 9.17) is 4.74 Å². The fourth-order valence-corrected chi connectivity index (χ4v) is 2.13. The molecule has 0 amide bonds. The Balaban J connectivity index is 2.44. The average molecular weight is 355 g/mol. The molecule has 0 saturated heterocycles. The van der Waals surface area contributed by atoms with E-state index in [1.165, 1.54) is 0 Å². The van der Waals surface area contributed by atoms with Crippen LogP contribution in [0.4, 0.5) is 10.1 Å². The van der Waals surface area contributed by atoms with Gasteiger partial charge in [0.2, 0.25) is 5.75 Å². The van der Waals surface area contributed by atoms with E-state index in [9.17, 15) is 14.5 Å². The van der Waals surface area contributed by atoms with Crippen LogP contribution in [0.5, 0.6) is 11.5 Å². The van der Waals surface area contributed by atoms with E-state index < -0.39 is 10.7 Å². The Hall–Kier alpha value is -1.99. The van der Waals surface area contributed by atoms with Crippen molar-refractivity contribution in [2.75, 3.05) is 7.05 Å². The number of benzene rings is 2. The Morgan fingerprint density at radius 3 is 2.71 bits per heavy atom. The van der Waals surface area contributed by atoms with Crippen molar-refractivity contribution in [1.29, 1.82) is 0 Å². The second-order valence-electron chi connectivity index (χ2n) is 4.23. The molecular formula is C14H12BrFN2O3. The summed E-state index contributed by atoms with van der Waals surface area (Å²) in [7, 11) is 1.78. The van der Waals surface area contributed by atoms with Gasteiger partial charge < -0.3 is 10.1 Å². The minimum Gasteiger partial charge on any atom is -0.450 e. The molecule has 2 aromatic carbocycles. The molecule has 1 N–H and O–H groups in total. The summed E-state index contributed by atoms with van der Waals surface area (Å²) < 4.78 is 19.2. The van der Waals surface area contributed by atoms with Crippen molar-refractivity contribution in [3.8, 4) is 11.5 Å². The van der Waals surface area contributed by atoms with E-state index in [0.29, 0.717) is 12.3 Å². The fraction of sp³-hybridized carbons (Fsp3) is 0.143. The van der Waals surface area contributed by atoms with E-state index in [-0.39, 0.29) is 15.9 Å². The topological polar surface area (TPSA) is 64.4 Å². The molecule has 0 spiro atoms. The first kappa shape index (κ1) is 15.4. The maximum Gasteiger partial charge on any atom is 0.312 e. The predicted octanol–water partition coefficient (Wildman–Crippen LogP) is 4.01. The van der Waals surface area contributed by atoms with Gasteiger partial charge in [-0.3, -0.25) is 10.1 Å². The first-order valence-electron chi connectivity index (χ1n) is 6.06. The first-order valence-corrected chi connectivity index (χ1v) is 6.86. The van der Waals surface area contributed by atoms with Crippen molar-refractivity contribution in [1.82, 2.24) is 5.32 Å². The van der Waals surface area contributed by atoms with Gasteiger partial charge in [0.25, 0.3) is 0 Å². The third-order valence-corrected chi connectivity index (χ3v) is 3.37. The second-order valence-corrected chi connectivity index (χ2v) is 5.09. The summed E-state index contributed by atoms with van der Waals surface area (Å²) in [5.74, 6) is -0.317. The highest BCUT2D eigenvalue weighted by atomic mass is 79.9. The van der Waals surface area contributed by atoms with E-state index >= 15 is 0 Å². The molecule has 0 aliphatic carbocycles. The summed E-state index contributed by atoms with van der Waals surface area (Å²) in [6.07, 6.45) is 0. The SMILES string of the molecule is CNCc1ccccc1Oc1cc(F)c(Br)cc1[N+](=O)[O-]. The lowest BCUT2D eigenvalue weighted by Gasteiger charge is -2.11. The number of nitro groups is 1. The minimum absolute atomic E-state index is 0.0186. The standard InChI is InChI=1S/C14H12BrFN2O3/c1-17-8-9-4-2-3-5-13(9)21-14-7-11(16)10(15)6-12(14)18(19)20/h2-7,17H,8H2,1H3. The van der Waals surface area contributed by atoms with Crippen LogP contribution in [-0.4, -0.2) is 12.0 Å². The molecule has 0 fully saturated rings. The molecule has 0 atom stereocenters. The highest BCUT2D eigenvalue weighted by Crippen LogP contribution is 2.36. The van der Waals surface area contributed by atoms with Gasteiger partial charge in [-0.25, -0.2) is 4.39 Å². The summed E-state index contributed by atoms with van der Waals surface area (Å²) >= 11 is 2.93. The number of nitrogens with zero attached hydrogens (tertiary/aromatic N) is 1. The largest absolute Gasteiger partial charge is 0.450 e. The summed E-state index contributed by atoms with van der Waals surface area (Å²) in [5, 5.41) is 14.0. The molecule has 0 aliphatic heterocycles. The molecule has 0 saturated carbocycles. The first-order chi connectivity index (χ1) is 10.0. The number of nitro benzene ring substituents is 1. The van der Waals surface area contributed by atoms with E-state index in [0.717, 1.165) is 17.7 Å². The highest BCUT2D eigenvalue weighted by Gasteiger charge is 2.20. The number of para-hydroxylation sites is 1. The zero-order valence-electron chi connectivity index (χ0n) is 11.1. The molecule has 0 aliphatic rings. The van der Waals surface area contributed by atoms with E-state index in [2.05, 4.69) is 21.2 Å². The van der Waals surface area contributed by atoms with Crippen LogP contribution in [0.2, 0.25) is 0 Å². The normalized spacial score (nSPS) is 10.4. The summed E-state index contributed by atoms with van der Waals surface area (Å²) in [4.78, 5) is 10.4. The number of halogens is 2. The number of hydrogen-bond donors (Lipinski definition) is 1. The quantitative estimate of drug-likeness (QED) is 0.650. The zero-order chi connectivity index (χ0) is 15.4. The number of hydrogen-bond acceptors (Lipinski definition) is 4. The number of rotatable bonds is 5. The van der Waals surface area contributed by atoms with Gasteiger partial charge >= 0.3 is 5.69 Å². The van der Waals surface area contributed by atoms with E-state index in [1.54, 1.807) is 19.2 Å². The van der Waals surface area contributed by atoms with Crippen molar-refractivity contribution >= 4 is 21.6 Å². The van der Waals surface area contributed by atoms with Gasteiger partial charge in [-0.15, -0.1) is 0 Å². The maximum absolute atomic E-state index is 13.6.